The largest absolute Gasteiger partial charge is 0.479 e. The van der Waals surface area contributed by atoms with Gasteiger partial charge in [-0.25, -0.2) is 9.59 Å². The second-order valence-electron chi connectivity index (χ2n) is 4.54. The molecule has 1 aliphatic rings. The lowest BCUT2D eigenvalue weighted by Gasteiger charge is -2.35. The molecule has 1 heterocycles. The number of carboxylic acid groups (broad SMARTS) is 1. The maximum absolute atomic E-state index is 11.8. The van der Waals surface area contributed by atoms with Gasteiger partial charge in [-0.2, -0.15) is 0 Å². The summed E-state index contributed by atoms with van der Waals surface area (Å²) in [5, 5.41) is 20.1. The first-order valence-corrected chi connectivity index (χ1v) is 5.99. The number of morpholine rings is 1. The molecular formula is C11H20N2O5. The normalized spacial score (nSPS) is 25.6. The topological polar surface area (TPSA) is 99.1 Å². The van der Waals surface area contributed by atoms with Gasteiger partial charge >= 0.3 is 12.0 Å². The Hall–Kier alpha value is -1.34. The molecule has 0 aromatic rings. The van der Waals surface area contributed by atoms with Gasteiger partial charge in [-0.1, -0.05) is 0 Å². The Morgan fingerprint density at radius 2 is 1.94 bits per heavy atom. The van der Waals surface area contributed by atoms with Crippen LogP contribution in [0.5, 0.6) is 0 Å². The first-order valence-electron chi connectivity index (χ1n) is 5.99. The summed E-state index contributed by atoms with van der Waals surface area (Å²) in [4.78, 5) is 23.8. The molecule has 3 N–H and O–H groups in total. The number of nitrogens with one attached hydrogen (secondary N) is 1. The molecule has 0 spiro atoms. The van der Waals surface area contributed by atoms with E-state index in [9.17, 15) is 9.59 Å². The van der Waals surface area contributed by atoms with E-state index in [1.165, 1.54) is 0 Å². The van der Waals surface area contributed by atoms with Gasteiger partial charge in [0.05, 0.1) is 12.2 Å². The van der Waals surface area contributed by atoms with E-state index in [1.807, 2.05) is 13.8 Å². The predicted octanol–water partition coefficient (Wildman–Crippen LogP) is -0.359. The fourth-order valence-electron chi connectivity index (χ4n) is 1.89. The maximum Gasteiger partial charge on any atom is 0.332 e. The molecule has 3 atom stereocenters. The summed E-state index contributed by atoms with van der Waals surface area (Å²) in [5.41, 5.74) is 0. The average Bonchev–Trinajstić information content (AvgIpc) is 2.27. The van der Waals surface area contributed by atoms with E-state index in [2.05, 4.69) is 5.32 Å². The molecule has 104 valence electrons. The van der Waals surface area contributed by atoms with Gasteiger partial charge in [0.2, 0.25) is 0 Å². The number of aliphatic hydroxyl groups excluding tert-OH is 1. The molecule has 0 aliphatic carbocycles. The number of carbonyl (C=O) groups excluding carboxylic acids is 1. The fourth-order valence-corrected chi connectivity index (χ4v) is 1.89. The highest BCUT2D eigenvalue weighted by atomic mass is 16.5. The predicted molar refractivity (Wildman–Crippen MR) is 63.2 cm³/mol. The van der Waals surface area contributed by atoms with Gasteiger partial charge in [-0.05, 0) is 13.8 Å². The minimum Gasteiger partial charge on any atom is -0.479 e. The fraction of sp³-hybridized carbons (Fsp3) is 0.818. The number of nitrogens with zero attached hydrogens (tertiary/aromatic N) is 1. The molecule has 1 saturated heterocycles. The van der Waals surface area contributed by atoms with Gasteiger partial charge in [0.25, 0.3) is 0 Å². The SMILES string of the molecule is C[C@@H]1CN(C(=O)NCC[C@H](O)C(=O)O)C[C@H](C)O1. The van der Waals surface area contributed by atoms with Crippen LogP contribution in [0.4, 0.5) is 4.79 Å². The van der Waals surface area contributed by atoms with Crippen LogP contribution in [0.1, 0.15) is 20.3 Å². The van der Waals surface area contributed by atoms with Crippen molar-refractivity contribution in [3.8, 4) is 0 Å². The molecule has 0 radical (unpaired) electrons. The molecule has 2 amide bonds. The standard InChI is InChI=1S/C11H20N2O5/c1-7-5-13(6-8(2)18-7)11(17)12-4-3-9(14)10(15)16/h7-9,14H,3-6H2,1-2H3,(H,12,17)(H,15,16)/t7-,8+,9-/m0/s1. The van der Waals surface area contributed by atoms with Gasteiger partial charge in [0.15, 0.2) is 6.10 Å². The van der Waals surface area contributed by atoms with Crippen LogP contribution in [0.2, 0.25) is 0 Å². The van der Waals surface area contributed by atoms with Crippen molar-refractivity contribution in [1.29, 1.82) is 0 Å². The van der Waals surface area contributed by atoms with E-state index in [0.717, 1.165) is 0 Å². The van der Waals surface area contributed by atoms with Gasteiger partial charge in [0, 0.05) is 26.1 Å². The van der Waals surface area contributed by atoms with Crippen molar-refractivity contribution in [2.24, 2.45) is 0 Å². The third-order valence-electron chi connectivity index (χ3n) is 2.69. The van der Waals surface area contributed by atoms with Crippen molar-refractivity contribution in [2.45, 2.75) is 38.6 Å². The van der Waals surface area contributed by atoms with Gasteiger partial charge < -0.3 is 25.2 Å². The van der Waals surface area contributed by atoms with Crippen LogP contribution in [0, 0.1) is 0 Å². The van der Waals surface area contributed by atoms with Crippen LogP contribution in [0.3, 0.4) is 0 Å². The number of carboxylic acids is 1. The number of aliphatic hydroxyl groups is 1. The number of hydrogen-bond acceptors (Lipinski definition) is 4. The number of aliphatic carboxylic acids is 1. The first-order chi connectivity index (χ1) is 8.40. The second kappa shape index (κ2) is 6.55. The Kier molecular flexibility index (Phi) is 5.36. The van der Waals surface area contributed by atoms with E-state index in [4.69, 9.17) is 14.9 Å². The summed E-state index contributed by atoms with van der Waals surface area (Å²) in [5.74, 6) is -1.28. The molecule has 1 fully saturated rings. The molecule has 7 heteroatoms. The van der Waals surface area contributed by atoms with Crippen LogP contribution in [0.15, 0.2) is 0 Å². The average molecular weight is 260 g/mol. The Morgan fingerprint density at radius 3 is 2.44 bits per heavy atom. The number of rotatable bonds is 4. The minimum atomic E-state index is -1.44. The third kappa shape index (κ3) is 4.50. The molecule has 1 rings (SSSR count). The van der Waals surface area contributed by atoms with Crippen LogP contribution in [-0.2, 0) is 9.53 Å². The smallest absolute Gasteiger partial charge is 0.332 e. The summed E-state index contributed by atoms with van der Waals surface area (Å²) < 4.78 is 5.50. The zero-order valence-electron chi connectivity index (χ0n) is 10.6. The molecular weight excluding hydrogens is 240 g/mol. The van der Waals surface area contributed by atoms with E-state index in [1.54, 1.807) is 4.90 Å². The zero-order valence-corrected chi connectivity index (χ0v) is 10.6. The second-order valence-corrected chi connectivity index (χ2v) is 4.54. The highest BCUT2D eigenvalue weighted by molar-refractivity contribution is 5.75. The van der Waals surface area contributed by atoms with Crippen LogP contribution >= 0.6 is 0 Å². The number of carbonyl (C=O) groups is 2. The summed E-state index contributed by atoms with van der Waals surface area (Å²) in [6, 6.07) is -0.255. The Balaban J connectivity index is 2.30. The van der Waals surface area contributed by atoms with Gasteiger partial charge in [-0.3, -0.25) is 0 Å². The van der Waals surface area contributed by atoms with Crippen molar-refractivity contribution in [3.05, 3.63) is 0 Å². The Morgan fingerprint density at radius 1 is 1.39 bits per heavy atom. The van der Waals surface area contributed by atoms with Crippen LogP contribution in [0.25, 0.3) is 0 Å². The van der Waals surface area contributed by atoms with E-state index < -0.39 is 12.1 Å². The molecule has 0 bridgehead atoms. The van der Waals surface area contributed by atoms with Gasteiger partial charge in [0.1, 0.15) is 0 Å². The van der Waals surface area contributed by atoms with Crippen LogP contribution in [-0.4, -0.2) is 65.1 Å². The number of urea groups is 1. The van der Waals surface area contributed by atoms with Crippen molar-refractivity contribution in [3.63, 3.8) is 0 Å². The molecule has 1 aliphatic heterocycles. The van der Waals surface area contributed by atoms with Crippen molar-refractivity contribution in [1.82, 2.24) is 10.2 Å². The molecule has 7 nitrogen and oxygen atoms in total. The van der Waals surface area contributed by atoms with Crippen LogP contribution < -0.4 is 5.32 Å². The van der Waals surface area contributed by atoms with Crippen molar-refractivity contribution < 1.29 is 24.5 Å². The zero-order chi connectivity index (χ0) is 13.7. The monoisotopic (exact) mass is 260 g/mol. The Labute approximate surface area is 106 Å². The lowest BCUT2D eigenvalue weighted by atomic mass is 10.2. The van der Waals surface area contributed by atoms with E-state index in [-0.39, 0.29) is 31.2 Å². The third-order valence-corrected chi connectivity index (χ3v) is 2.69. The highest BCUT2D eigenvalue weighted by Crippen LogP contribution is 2.10. The Bertz CT molecular complexity index is 300. The molecule has 18 heavy (non-hydrogen) atoms. The van der Waals surface area contributed by atoms with E-state index in [0.29, 0.717) is 13.1 Å². The summed E-state index contributed by atoms with van der Waals surface area (Å²) in [7, 11) is 0. The lowest BCUT2D eigenvalue weighted by Crippen LogP contribution is -2.52. The maximum atomic E-state index is 11.8. The van der Waals surface area contributed by atoms with Gasteiger partial charge in [-0.15, -0.1) is 0 Å². The van der Waals surface area contributed by atoms with Crippen molar-refractivity contribution in [2.75, 3.05) is 19.6 Å². The summed E-state index contributed by atoms with van der Waals surface area (Å²) in [6.45, 7) is 4.94. The molecule has 0 unspecified atom stereocenters. The minimum absolute atomic E-state index is 0.00345. The molecule has 0 saturated carbocycles. The quantitative estimate of drug-likeness (QED) is 0.641. The van der Waals surface area contributed by atoms with Crippen molar-refractivity contribution >= 4 is 12.0 Å². The first kappa shape index (κ1) is 14.7. The molecule has 0 aromatic carbocycles. The number of ether oxygens (including phenoxy) is 1. The molecule has 0 aromatic heterocycles. The summed E-state index contributed by atoms with van der Waals surface area (Å²) >= 11 is 0. The number of hydrogen-bond donors (Lipinski definition) is 3. The highest BCUT2D eigenvalue weighted by Gasteiger charge is 2.25. The summed E-state index contributed by atoms with van der Waals surface area (Å²) in [6.07, 6.45) is -1.46. The number of amides is 2. The van der Waals surface area contributed by atoms with E-state index >= 15 is 0 Å². The lowest BCUT2D eigenvalue weighted by molar-refractivity contribution is -0.146.